The maximum Gasteiger partial charge on any atom is 0.419 e. The van der Waals surface area contributed by atoms with Crippen molar-refractivity contribution in [2.75, 3.05) is 11.1 Å². The van der Waals surface area contributed by atoms with E-state index in [0.717, 1.165) is 20.7 Å². The van der Waals surface area contributed by atoms with Crippen LogP contribution in [-0.4, -0.2) is 26.6 Å². The van der Waals surface area contributed by atoms with Crippen LogP contribution in [0.25, 0.3) is 11.1 Å². The van der Waals surface area contributed by atoms with E-state index in [1.54, 1.807) is 27.7 Å². The number of thioether (sulfide) groups is 1. The molecule has 0 radical (unpaired) electrons. The van der Waals surface area contributed by atoms with Gasteiger partial charge in [0.2, 0.25) is 5.13 Å². The quantitative estimate of drug-likeness (QED) is 0.656. The number of nitrogens with zero attached hydrogens (tertiary/aromatic N) is 3. The van der Waals surface area contributed by atoms with Crippen molar-refractivity contribution < 1.29 is 4.42 Å². The molecule has 0 atom stereocenters. The molecule has 1 aliphatic carbocycles. The van der Waals surface area contributed by atoms with Crippen LogP contribution in [0.5, 0.6) is 0 Å². The van der Waals surface area contributed by atoms with E-state index in [1.807, 2.05) is 24.3 Å². The number of hydrogen-bond donors (Lipinski definition) is 1. The van der Waals surface area contributed by atoms with Crippen LogP contribution in [0.3, 0.4) is 0 Å². The summed E-state index contributed by atoms with van der Waals surface area (Å²) in [4.78, 5) is 12.0. The normalized spacial score (nSPS) is 15.7. The average molecular weight is 377 g/mol. The molecular formula is C17H20N4O2S2. The highest BCUT2D eigenvalue weighted by Crippen LogP contribution is 2.28. The molecule has 25 heavy (non-hydrogen) atoms. The summed E-state index contributed by atoms with van der Waals surface area (Å²) in [5.41, 5.74) is 1.47. The smallest absolute Gasteiger partial charge is 0.408 e. The Hall–Kier alpha value is -1.80. The van der Waals surface area contributed by atoms with Crippen LogP contribution in [0.4, 0.5) is 5.13 Å². The SMILES string of the molecule is O=c1oc2ccccc2n1CCSc1nnc(NC2CCCCC2)s1. The molecule has 0 amide bonds. The first kappa shape index (κ1) is 16.7. The van der Waals surface area contributed by atoms with Crippen LogP contribution >= 0.6 is 23.1 Å². The summed E-state index contributed by atoms with van der Waals surface area (Å²) >= 11 is 3.21. The Morgan fingerprint density at radius 2 is 2.08 bits per heavy atom. The number of rotatable bonds is 6. The van der Waals surface area contributed by atoms with E-state index in [0.29, 0.717) is 18.2 Å². The lowest BCUT2D eigenvalue weighted by Gasteiger charge is -2.21. The second kappa shape index (κ2) is 7.61. The Bertz CT molecular complexity index is 895. The molecule has 0 saturated heterocycles. The highest BCUT2D eigenvalue weighted by atomic mass is 32.2. The molecule has 2 heterocycles. The zero-order chi connectivity index (χ0) is 17.1. The maximum absolute atomic E-state index is 12.0. The maximum atomic E-state index is 12.0. The molecule has 0 spiro atoms. The zero-order valence-electron chi connectivity index (χ0n) is 13.8. The number of benzene rings is 1. The van der Waals surface area contributed by atoms with Gasteiger partial charge in [-0.2, -0.15) is 0 Å². The Balaban J connectivity index is 1.34. The first-order valence-electron chi connectivity index (χ1n) is 8.61. The molecule has 1 N–H and O–H groups in total. The third kappa shape index (κ3) is 3.90. The monoisotopic (exact) mass is 376 g/mol. The van der Waals surface area contributed by atoms with E-state index in [1.165, 1.54) is 32.1 Å². The first-order chi connectivity index (χ1) is 12.3. The summed E-state index contributed by atoms with van der Waals surface area (Å²) in [6, 6.07) is 8.04. The fraction of sp³-hybridized carbons (Fsp3) is 0.471. The minimum Gasteiger partial charge on any atom is -0.408 e. The molecule has 0 unspecified atom stereocenters. The van der Waals surface area contributed by atoms with E-state index in [2.05, 4.69) is 15.5 Å². The predicted octanol–water partition coefficient (Wildman–Crippen LogP) is 3.98. The van der Waals surface area contributed by atoms with Crippen LogP contribution in [0, 0.1) is 0 Å². The summed E-state index contributed by atoms with van der Waals surface area (Å²) < 4.78 is 7.85. The number of anilines is 1. The third-order valence-corrected chi connectivity index (χ3v) is 6.42. The van der Waals surface area contributed by atoms with Crippen molar-refractivity contribution in [2.24, 2.45) is 0 Å². The Morgan fingerprint density at radius 1 is 1.24 bits per heavy atom. The molecule has 1 aliphatic rings. The van der Waals surface area contributed by atoms with Gasteiger partial charge in [0.15, 0.2) is 9.92 Å². The van der Waals surface area contributed by atoms with Crippen LogP contribution in [0.2, 0.25) is 0 Å². The Morgan fingerprint density at radius 3 is 2.96 bits per heavy atom. The summed E-state index contributed by atoms with van der Waals surface area (Å²) in [7, 11) is 0. The number of hydrogen-bond acceptors (Lipinski definition) is 7. The highest BCUT2D eigenvalue weighted by molar-refractivity contribution is 8.01. The number of nitrogens with one attached hydrogen (secondary N) is 1. The molecule has 4 rings (SSSR count). The molecular weight excluding hydrogens is 356 g/mol. The lowest BCUT2D eigenvalue weighted by atomic mass is 9.96. The summed E-state index contributed by atoms with van der Waals surface area (Å²) in [5, 5.41) is 12.9. The predicted molar refractivity (Wildman–Crippen MR) is 102 cm³/mol. The fourth-order valence-electron chi connectivity index (χ4n) is 3.20. The summed E-state index contributed by atoms with van der Waals surface area (Å²) in [6.07, 6.45) is 6.38. The number of aryl methyl sites for hydroxylation is 1. The van der Waals surface area contributed by atoms with Gasteiger partial charge in [0.25, 0.3) is 0 Å². The molecule has 2 aromatic heterocycles. The minimum atomic E-state index is -0.307. The van der Waals surface area contributed by atoms with E-state index in [4.69, 9.17) is 4.42 Å². The molecule has 1 saturated carbocycles. The van der Waals surface area contributed by atoms with Crippen LogP contribution in [0.15, 0.2) is 37.8 Å². The topological polar surface area (TPSA) is 73.0 Å². The minimum absolute atomic E-state index is 0.307. The van der Waals surface area contributed by atoms with Gasteiger partial charge in [-0.1, -0.05) is 54.5 Å². The van der Waals surface area contributed by atoms with Crippen molar-refractivity contribution in [1.29, 1.82) is 0 Å². The second-order valence-corrected chi connectivity index (χ2v) is 8.51. The van der Waals surface area contributed by atoms with Crippen LogP contribution in [-0.2, 0) is 6.54 Å². The van der Waals surface area contributed by atoms with Crippen molar-refractivity contribution in [3.05, 3.63) is 34.8 Å². The lowest BCUT2D eigenvalue weighted by molar-refractivity contribution is 0.462. The van der Waals surface area contributed by atoms with Crippen molar-refractivity contribution >= 4 is 39.3 Å². The van der Waals surface area contributed by atoms with E-state index < -0.39 is 0 Å². The van der Waals surface area contributed by atoms with Gasteiger partial charge in [0.05, 0.1) is 5.52 Å². The molecule has 132 valence electrons. The third-order valence-electron chi connectivity index (χ3n) is 4.45. The number of fused-ring (bicyclic) bond motifs is 1. The lowest BCUT2D eigenvalue weighted by Crippen LogP contribution is -2.21. The number of aromatic nitrogens is 3. The molecule has 0 aliphatic heterocycles. The summed E-state index contributed by atoms with van der Waals surface area (Å²) in [6.45, 7) is 0.589. The Labute approximate surface area is 153 Å². The van der Waals surface area contributed by atoms with Gasteiger partial charge in [0, 0.05) is 18.3 Å². The van der Waals surface area contributed by atoms with Gasteiger partial charge in [0.1, 0.15) is 0 Å². The molecule has 6 nitrogen and oxygen atoms in total. The van der Waals surface area contributed by atoms with Gasteiger partial charge in [-0.3, -0.25) is 4.57 Å². The first-order valence-corrected chi connectivity index (χ1v) is 10.4. The van der Waals surface area contributed by atoms with Crippen LogP contribution < -0.4 is 11.1 Å². The van der Waals surface area contributed by atoms with E-state index in [9.17, 15) is 4.79 Å². The van der Waals surface area contributed by atoms with Crippen LogP contribution in [0.1, 0.15) is 32.1 Å². The van der Waals surface area contributed by atoms with E-state index >= 15 is 0 Å². The van der Waals surface area contributed by atoms with Crippen molar-refractivity contribution in [2.45, 2.75) is 49.0 Å². The number of oxazole rings is 1. The summed E-state index contributed by atoms with van der Waals surface area (Å²) in [5.74, 6) is 0.445. The van der Waals surface area contributed by atoms with Crippen molar-refractivity contribution in [3.63, 3.8) is 0 Å². The van der Waals surface area contributed by atoms with Gasteiger partial charge in [-0.25, -0.2) is 4.79 Å². The van der Waals surface area contributed by atoms with E-state index in [-0.39, 0.29) is 5.76 Å². The second-order valence-electron chi connectivity index (χ2n) is 6.19. The van der Waals surface area contributed by atoms with Crippen molar-refractivity contribution in [1.82, 2.24) is 14.8 Å². The van der Waals surface area contributed by atoms with Gasteiger partial charge >= 0.3 is 5.76 Å². The molecule has 3 aromatic rings. The fourth-order valence-corrected chi connectivity index (χ4v) is 5.02. The molecule has 8 heteroatoms. The Kier molecular flexibility index (Phi) is 5.07. The van der Waals surface area contributed by atoms with Gasteiger partial charge in [-0.15, -0.1) is 10.2 Å². The largest absolute Gasteiger partial charge is 0.419 e. The van der Waals surface area contributed by atoms with Crippen molar-refractivity contribution in [3.8, 4) is 0 Å². The average Bonchev–Trinajstić information content (AvgIpc) is 3.20. The molecule has 1 aromatic carbocycles. The van der Waals surface area contributed by atoms with Gasteiger partial charge in [-0.05, 0) is 25.0 Å². The van der Waals surface area contributed by atoms with Gasteiger partial charge < -0.3 is 9.73 Å². The standard InChI is InChI=1S/C17H20N4O2S2/c22-17-21(13-8-4-5-9-14(13)23-17)10-11-24-16-20-19-15(25-16)18-12-6-2-1-3-7-12/h4-5,8-9,12H,1-3,6-7,10-11H2,(H,18,19). The zero-order valence-corrected chi connectivity index (χ0v) is 15.4. The number of para-hydroxylation sites is 2. The highest BCUT2D eigenvalue weighted by Gasteiger charge is 2.15. The molecule has 1 fully saturated rings. The molecule has 0 bridgehead atoms.